The van der Waals surface area contributed by atoms with E-state index in [1.807, 2.05) is 6.92 Å². The molecule has 1 heterocycles. The fourth-order valence-corrected chi connectivity index (χ4v) is 3.46. The van der Waals surface area contributed by atoms with Crippen LogP contribution in [0.1, 0.15) is 39.0 Å². The topological polar surface area (TPSA) is 92.7 Å². The molecule has 112 valence electrons. The molecule has 0 amide bonds. The van der Waals surface area contributed by atoms with Gasteiger partial charge in [0.25, 0.3) is 0 Å². The summed E-state index contributed by atoms with van der Waals surface area (Å²) in [6.07, 6.45) is 3.27. The quantitative estimate of drug-likeness (QED) is 0.661. The molecule has 2 unspecified atom stereocenters. The molecule has 2 N–H and O–H groups in total. The van der Waals surface area contributed by atoms with Crippen LogP contribution in [0.3, 0.4) is 0 Å². The van der Waals surface area contributed by atoms with Crippen LogP contribution in [0.25, 0.3) is 0 Å². The summed E-state index contributed by atoms with van der Waals surface area (Å²) in [6, 6.07) is -1.01. The molecule has 0 aromatic rings. The minimum Gasteiger partial charge on any atom is -0.480 e. The van der Waals surface area contributed by atoms with Crippen molar-refractivity contribution >= 4 is 16.0 Å². The first-order chi connectivity index (χ1) is 8.94. The van der Waals surface area contributed by atoms with Gasteiger partial charge in [-0.3, -0.25) is 4.79 Å². The molecular weight excluding hydrogens is 270 g/mol. The molecule has 2 atom stereocenters. The van der Waals surface area contributed by atoms with Gasteiger partial charge in [-0.1, -0.05) is 19.8 Å². The first-order valence-corrected chi connectivity index (χ1v) is 8.40. The lowest BCUT2D eigenvalue weighted by molar-refractivity contribution is -0.139. The molecule has 0 saturated carbocycles. The van der Waals surface area contributed by atoms with E-state index in [1.54, 1.807) is 0 Å². The minimum atomic E-state index is -3.53. The fourth-order valence-electron chi connectivity index (χ4n) is 2.05. The maximum absolute atomic E-state index is 11.9. The molecule has 7 heteroatoms. The van der Waals surface area contributed by atoms with Gasteiger partial charge in [0.2, 0.25) is 10.0 Å². The lowest BCUT2D eigenvalue weighted by Gasteiger charge is -2.15. The van der Waals surface area contributed by atoms with Crippen LogP contribution < -0.4 is 4.72 Å². The normalized spacial score (nSPS) is 21.4. The molecule has 6 nitrogen and oxygen atoms in total. The Bertz CT molecular complexity index is 376. The molecule has 0 radical (unpaired) electrons. The van der Waals surface area contributed by atoms with Gasteiger partial charge in [-0.15, -0.1) is 0 Å². The van der Waals surface area contributed by atoms with Crippen molar-refractivity contribution in [1.29, 1.82) is 0 Å². The van der Waals surface area contributed by atoms with Crippen molar-refractivity contribution < 1.29 is 23.1 Å². The highest BCUT2D eigenvalue weighted by atomic mass is 32.2. The van der Waals surface area contributed by atoms with E-state index in [2.05, 4.69) is 4.72 Å². The Labute approximate surface area is 114 Å². The molecule has 1 aliphatic heterocycles. The van der Waals surface area contributed by atoms with E-state index in [1.165, 1.54) is 0 Å². The van der Waals surface area contributed by atoms with Gasteiger partial charge < -0.3 is 9.84 Å². The van der Waals surface area contributed by atoms with E-state index in [9.17, 15) is 13.2 Å². The van der Waals surface area contributed by atoms with Crippen molar-refractivity contribution in [2.75, 3.05) is 19.0 Å². The molecule has 0 aromatic carbocycles. The molecule has 1 fully saturated rings. The second-order valence-electron chi connectivity index (χ2n) is 4.99. The molecule has 0 aromatic heterocycles. The van der Waals surface area contributed by atoms with Crippen molar-refractivity contribution in [2.24, 2.45) is 5.92 Å². The van der Waals surface area contributed by atoms with Crippen molar-refractivity contribution in [1.82, 2.24) is 4.72 Å². The summed E-state index contributed by atoms with van der Waals surface area (Å²) >= 11 is 0. The van der Waals surface area contributed by atoms with Gasteiger partial charge in [0, 0.05) is 13.2 Å². The standard InChI is InChI=1S/C12H23NO5S/c1-2-3-4-11(12(14)15)13-19(16,17)8-6-10-5-7-18-9-10/h10-11,13H,2-9H2,1H3,(H,14,15). The average molecular weight is 293 g/mol. The first-order valence-electron chi connectivity index (χ1n) is 6.75. The van der Waals surface area contributed by atoms with Crippen LogP contribution in [-0.2, 0) is 19.6 Å². The van der Waals surface area contributed by atoms with Crippen LogP contribution in [0.4, 0.5) is 0 Å². The number of aliphatic carboxylic acids is 1. The number of carbonyl (C=O) groups is 1. The number of sulfonamides is 1. The summed E-state index contributed by atoms with van der Waals surface area (Å²) < 4.78 is 31.2. The summed E-state index contributed by atoms with van der Waals surface area (Å²) in [5.74, 6) is -0.867. The van der Waals surface area contributed by atoms with Crippen LogP contribution in [0.5, 0.6) is 0 Å². The van der Waals surface area contributed by atoms with Gasteiger partial charge in [0.15, 0.2) is 0 Å². The number of ether oxygens (including phenoxy) is 1. The maximum atomic E-state index is 11.9. The average Bonchev–Trinajstić information content (AvgIpc) is 2.85. The number of hydrogen-bond donors (Lipinski definition) is 2. The van der Waals surface area contributed by atoms with Crippen LogP contribution in [0, 0.1) is 5.92 Å². The fraction of sp³-hybridized carbons (Fsp3) is 0.917. The molecular formula is C12H23NO5S. The Kier molecular flexibility index (Phi) is 6.74. The van der Waals surface area contributed by atoms with E-state index in [4.69, 9.17) is 9.84 Å². The van der Waals surface area contributed by atoms with Crippen molar-refractivity contribution in [3.63, 3.8) is 0 Å². The lowest BCUT2D eigenvalue weighted by Crippen LogP contribution is -2.42. The largest absolute Gasteiger partial charge is 0.480 e. The Morgan fingerprint density at radius 1 is 1.53 bits per heavy atom. The highest BCUT2D eigenvalue weighted by molar-refractivity contribution is 7.89. The predicted octanol–water partition coefficient (Wildman–Crippen LogP) is 0.976. The van der Waals surface area contributed by atoms with Gasteiger partial charge in [0.05, 0.1) is 5.75 Å². The number of hydrogen-bond acceptors (Lipinski definition) is 4. The van der Waals surface area contributed by atoms with E-state index in [-0.39, 0.29) is 11.7 Å². The minimum absolute atomic E-state index is 0.0308. The van der Waals surface area contributed by atoms with Crippen LogP contribution in [-0.4, -0.2) is 44.5 Å². The smallest absolute Gasteiger partial charge is 0.321 e. The van der Waals surface area contributed by atoms with E-state index in [0.29, 0.717) is 32.5 Å². The second-order valence-corrected chi connectivity index (χ2v) is 6.86. The SMILES string of the molecule is CCCCC(NS(=O)(=O)CCC1CCOC1)C(=O)O. The number of rotatable bonds is 9. The number of nitrogens with one attached hydrogen (secondary N) is 1. The van der Waals surface area contributed by atoms with Crippen LogP contribution in [0.2, 0.25) is 0 Å². The highest BCUT2D eigenvalue weighted by Crippen LogP contribution is 2.17. The van der Waals surface area contributed by atoms with Crippen LogP contribution >= 0.6 is 0 Å². The third kappa shape index (κ3) is 6.35. The molecule has 0 aliphatic carbocycles. The van der Waals surface area contributed by atoms with Gasteiger partial charge >= 0.3 is 5.97 Å². The van der Waals surface area contributed by atoms with Crippen molar-refractivity contribution in [3.05, 3.63) is 0 Å². The zero-order chi connectivity index (χ0) is 14.3. The zero-order valence-corrected chi connectivity index (χ0v) is 12.1. The zero-order valence-electron chi connectivity index (χ0n) is 11.3. The second kappa shape index (κ2) is 7.81. The van der Waals surface area contributed by atoms with Gasteiger partial charge in [0.1, 0.15) is 6.04 Å². The monoisotopic (exact) mass is 293 g/mol. The maximum Gasteiger partial charge on any atom is 0.321 e. The Morgan fingerprint density at radius 3 is 2.79 bits per heavy atom. The summed E-state index contributed by atoms with van der Waals surface area (Å²) in [5, 5.41) is 9.00. The first kappa shape index (κ1) is 16.4. The van der Waals surface area contributed by atoms with Gasteiger partial charge in [-0.2, -0.15) is 0 Å². The molecule has 0 spiro atoms. The van der Waals surface area contributed by atoms with E-state index in [0.717, 1.165) is 12.8 Å². The number of carboxylic acid groups (broad SMARTS) is 1. The Morgan fingerprint density at radius 2 is 2.26 bits per heavy atom. The van der Waals surface area contributed by atoms with Gasteiger partial charge in [-0.25, -0.2) is 13.1 Å². The van der Waals surface area contributed by atoms with Crippen molar-refractivity contribution in [2.45, 2.75) is 45.1 Å². The number of carboxylic acids is 1. The molecule has 1 aliphatic rings. The predicted molar refractivity (Wildman–Crippen MR) is 71.4 cm³/mol. The third-order valence-electron chi connectivity index (χ3n) is 3.29. The molecule has 1 saturated heterocycles. The summed E-state index contributed by atoms with van der Waals surface area (Å²) in [4.78, 5) is 11.0. The van der Waals surface area contributed by atoms with Crippen LogP contribution in [0.15, 0.2) is 0 Å². The molecule has 1 rings (SSSR count). The van der Waals surface area contributed by atoms with E-state index < -0.39 is 22.0 Å². The Balaban J connectivity index is 2.43. The van der Waals surface area contributed by atoms with Crippen molar-refractivity contribution in [3.8, 4) is 0 Å². The molecule has 0 bridgehead atoms. The highest BCUT2D eigenvalue weighted by Gasteiger charge is 2.25. The van der Waals surface area contributed by atoms with Gasteiger partial charge in [-0.05, 0) is 25.2 Å². The third-order valence-corrected chi connectivity index (χ3v) is 4.70. The summed E-state index contributed by atoms with van der Waals surface area (Å²) in [7, 11) is -3.53. The Hall–Kier alpha value is -0.660. The lowest BCUT2D eigenvalue weighted by atomic mass is 10.1. The summed E-state index contributed by atoms with van der Waals surface area (Å²) in [5.41, 5.74) is 0. The summed E-state index contributed by atoms with van der Waals surface area (Å²) in [6.45, 7) is 3.23. The van der Waals surface area contributed by atoms with E-state index >= 15 is 0 Å². The molecule has 19 heavy (non-hydrogen) atoms. The number of unbranched alkanes of at least 4 members (excludes halogenated alkanes) is 1.